The van der Waals surface area contributed by atoms with E-state index in [4.69, 9.17) is 9.47 Å². The largest absolute Gasteiger partial charge is 0.469 e. The van der Waals surface area contributed by atoms with Crippen LogP contribution >= 0.6 is 0 Å². The van der Waals surface area contributed by atoms with Crippen molar-refractivity contribution in [2.45, 2.75) is 17.4 Å². The van der Waals surface area contributed by atoms with Crippen molar-refractivity contribution in [3.8, 4) is 0 Å². The molecule has 152 valence electrons. The number of carbonyl (C=O) groups excluding carboxylic acids is 1. The molecule has 0 amide bonds. The third-order valence-corrected chi connectivity index (χ3v) is 5.87. The monoisotopic (exact) mass is 417 g/mol. The number of fused-ring (bicyclic) bond motifs is 1. The van der Waals surface area contributed by atoms with Gasteiger partial charge in [0.25, 0.3) is 0 Å². The van der Waals surface area contributed by atoms with Gasteiger partial charge in [-0.2, -0.15) is 4.55 Å². The molecule has 0 saturated carbocycles. The lowest BCUT2D eigenvalue weighted by Gasteiger charge is -2.20. The van der Waals surface area contributed by atoms with E-state index in [0.29, 0.717) is 15.8 Å². The Balaban J connectivity index is 2.14. The second-order valence-electron chi connectivity index (χ2n) is 6.79. The molecule has 2 unspecified atom stereocenters. The maximum atomic E-state index is 14.0. The van der Waals surface area contributed by atoms with Crippen molar-refractivity contribution in [2.75, 3.05) is 20.5 Å². The van der Waals surface area contributed by atoms with Gasteiger partial charge in [-0.3, -0.25) is 4.79 Å². The van der Waals surface area contributed by atoms with Gasteiger partial charge in [-0.25, -0.2) is 4.39 Å². The van der Waals surface area contributed by atoms with Crippen molar-refractivity contribution in [1.82, 2.24) is 0 Å². The van der Waals surface area contributed by atoms with Crippen molar-refractivity contribution in [3.05, 3.63) is 77.1 Å². The molecule has 3 aromatic carbocycles. The summed E-state index contributed by atoms with van der Waals surface area (Å²) < 4.78 is 46.0. The van der Waals surface area contributed by atoms with Crippen molar-refractivity contribution >= 4 is 27.0 Å². The molecule has 0 saturated heterocycles. The quantitative estimate of drug-likeness (QED) is 0.476. The molecule has 0 aliphatic rings. The molecule has 0 spiro atoms. The Morgan fingerprint density at radius 1 is 1.10 bits per heavy atom. The fourth-order valence-electron chi connectivity index (χ4n) is 3.32. The average Bonchev–Trinajstić information content (AvgIpc) is 2.68. The number of benzene rings is 3. The number of rotatable bonds is 6. The van der Waals surface area contributed by atoms with Crippen LogP contribution in [0.25, 0.3) is 10.8 Å². The molecule has 0 aliphatic carbocycles. The maximum Gasteiger partial charge on any atom is 0.309 e. The smallest absolute Gasteiger partial charge is 0.309 e. The van der Waals surface area contributed by atoms with Gasteiger partial charge in [0.15, 0.2) is 4.90 Å². The first-order valence-corrected chi connectivity index (χ1v) is 10.8. The molecular formula is C22H22FO5S+. The number of hydrogen-bond donors (Lipinski definition) is 1. The van der Waals surface area contributed by atoms with Crippen LogP contribution in [0, 0.1) is 5.82 Å². The number of ether oxygens (including phenoxy) is 2. The standard InChI is InChI=1S/C22H21FO5S/c1-27-21(24)12-14-10-16-4-7-17(23)13-19(16)20(11-14)22(28-2)15-5-8-18(9-6-15)29(3,25)26/h4-11,13,22H,12H2,1-3H3/p+1. The van der Waals surface area contributed by atoms with Gasteiger partial charge in [0.1, 0.15) is 18.2 Å². The number of methoxy groups -OCH3 is 2. The van der Waals surface area contributed by atoms with E-state index >= 15 is 0 Å². The van der Waals surface area contributed by atoms with Crippen molar-refractivity contribution in [2.24, 2.45) is 0 Å². The van der Waals surface area contributed by atoms with Gasteiger partial charge in [0, 0.05) is 7.11 Å². The first kappa shape index (κ1) is 21.1. The molecular weight excluding hydrogens is 395 g/mol. The summed E-state index contributed by atoms with van der Waals surface area (Å²) in [5.41, 5.74) is 2.15. The summed E-state index contributed by atoms with van der Waals surface area (Å²) in [5.74, 6) is -0.757. The maximum absolute atomic E-state index is 14.0. The lowest BCUT2D eigenvalue weighted by molar-refractivity contribution is -0.139. The number of esters is 1. The average molecular weight is 417 g/mol. The summed E-state index contributed by atoms with van der Waals surface area (Å²) in [4.78, 5) is 12.1. The van der Waals surface area contributed by atoms with Gasteiger partial charge in [0.05, 0.1) is 13.5 Å². The van der Waals surface area contributed by atoms with Crippen LogP contribution in [0.1, 0.15) is 22.8 Å². The Morgan fingerprint density at radius 2 is 1.79 bits per heavy atom. The van der Waals surface area contributed by atoms with Gasteiger partial charge < -0.3 is 9.47 Å². The van der Waals surface area contributed by atoms with Gasteiger partial charge in [-0.15, -0.1) is 0 Å². The van der Waals surface area contributed by atoms with Crippen LogP contribution in [0.2, 0.25) is 0 Å². The summed E-state index contributed by atoms with van der Waals surface area (Å²) in [5, 5.41) is 1.43. The Kier molecular flexibility index (Phi) is 6.12. The van der Waals surface area contributed by atoms with E-state index in [-0.39, 0.29) is 18.2 Å². The summed E-state index contributed by atoms with van der Waals surface area (Å²) in [6, 6.07) is 14.6. The third kappa shape index (κ3) is 4.70. The van der Waals surface area contributed by atoms with E-state index < -0.39 is 16.3 Å². The van der Waals surface area contributed by atoms with Gasteiger partial charge >= 0.3 is 5.97 Å². The van der Waals surface area contributed by atoms with Gasteiger partial charge in [-0.05, 0) is 51.7 Å². The fourth-order valence-corrected chi connectivity index (χ4v) is 3.96. The van der Waals surface area contributed by atoms with E-state index in [1.807, 2.05) is 6.07 Å². The number of halogens is 1. The predicted molar refractivity (Wildman–Crippen MR) is 110 cm³/mol. The van der Waals surface area contributed by atoms with Crippen molar-refractivity contribution in [1.29, 1.82) is 0 Å². The molecule has 1 N–H and O–H groups in total. The minimum atomic E-state index is -3.07. The van der Waals surface area contributed by atoms with E-state index in [9.17, 15) is 17.9 Å². The van der Waals surface area contributed by atoms with Crippen LogP contribution < -0.4 is 0 Å². The molecule has 0 fully saturated rings. The first-order valence-electron chi connectivity index (χ1n) is 8.86. The molecule has 3 rings (SSSR count). The summed E-state index contributed by atoms with van der Waals surface area (Å²) in [7, 11) is -0.213. The lowest BCUT2D eigenvalue weighted by atomic mass is 9.92. The Bertz CT molecular complexity index is 1090. The van der Waals surface area contributed by atoms with Crippen LogP contribution in [-0.4, -0.2) is 31.0 Å². The lowest BCUT2D eigenvalue weighted by Crippen LogP contribution is -2.09. The Morgan fingerprint density at radius 3 is 2.38 bits per heavy atom. The first-order chi connectivity index (χ1) is 13.7. The molecule has 2 atom stereocenters. The van der Waals surface area contributed by atoms with Crippen molar-refractivity contribution in [3.63, 3.8) is 0 Å². The van der Waals surface area contributed by atoms with Crippen LogP contribution in [0.3, 0.4) is 0 Å². The van der Waals surface area contributed by atoms with Crippen LogP contribution in [0.5, 0.6) is 0 Å². The van der Waals surface area contributed by atoms with Crippen molar-refractivity contribution < 1.29 is 27.4 Å². The second kappa shape index (κ2) is 8.41. The number of hydrogen-bond acceptors (Lipinski definition) is 4. The zero-order chi connectivity index (χ0) is 21.2. The zero-order valence-electron chi connectivity index (χ0n) is 16.3. The van der Waals surface area contributed by atoms with Gasteiger partial charge in [0.2, 0.25) is 10.2 Å². The molecule has 0 heterocycles. The zero-order valence-corrected chi connectivity index (χ0v) is 17.2. The van der Waals surface area contributed by atoms with Crippen LogP contribution in [-0.2, 0) is 35.1 Å². The minimum absolute atomic E-state index is 0.0780. The summed E-state index contributed by atoms with van der Waals surface area (Å²) in [6.45, 7) is 0. The highest BCUT2D eigenvalue weighted by molar-refractivity contribution is 7.97. The Hall–Kier alpha value is -2.61. The van der Waals surface area contributed by atoms with Gasteiger partial charge in [-0.1, -0.05) is 34.5 Å². The molecule has 0 bridgehead atoms. The highest BCUT2D eigenvalue weighted by Gasteiger charge is 2.23. The van der Waals surface area contributed by atoms with E-state index in [0.717, 1.165) is 16.5 Å². The third-order valence-electron chi connectivity index (χ3n) is 4.72. The Labute approximate surface area is 169 Å². The minimum Gasteiger partial charge on any atom is -0.469 e. The normalized spacial score (nSPS) is 14.4. The second-order valence-corrected chi connectivity index (χ2v) is 8.87. The molecule has 0 aromatic heterocycles. The molecule has 5 nitrogen and oxygen atoms in total. The summed E-state index contributed by atoms with van der Waals surface area (Å²) >= 11 is 0. The molecule has 7 heteroatoms. The SMILES string of the molecule is COC(=O)Cc1cc(C(OC)c2ccc([S+](C)(=O)O)cc2)c2cc(F)ccc2c1. The van der Waals surface area contributed by atoms with Crippen LogP contribution in [0.4, 0.5) is 4.39 Å². The van der Waals surface area contributed by atoms with E-state index in [1.165, 1.54) is 32.6 Å². The highest BCUT2D eigenvalue weighted by atomic mass is 32.3. The van der Waals surface area contributed by atoms with E-state index in [2.05, 4.69) is 0 Å². The molecule has 0 aliphatic heterocycles. The predicted octanol–water partition coefficient (Wildman–Crippen LogP) is 4.39. The fraction of sp³-hybridized carbons (Fsp3) is 0.227. The summed E-state index contributed by atoms with van der Waals surface area (Å²) in [6.07, 6.45) is 0.773. The molecule has 29 heavy (non-hydrogen) atoms. The number of carbonyl (C=O) groups is 1. The van der Waals surface area contributed by atoms with E-state index in [1.54, 1.807) is 36.4 Å². The highest BCUT2D eigenvalue weighted by Crippen LogP contribution is 2.34. The topological polar surface area (TPSA) is 72.8 Å². The molecule has 0 radical (unpaired) electrons. The molecule has 3 aromatic rings. The van der Waals surface area contributed by atoms with Crippen LogP contribution in [0.15, 0.2) is 59.5 Å².